The Morgan fingerprint density at radius 2 is 2.29 bits per heavy atom. The molecule has 1 aromatic rings. The van der Waals surface area contributed by atoms with E-state index in [9.17, 15) is 5.11 Å². The molecule has 0 radical (unpaired) electrons. The summed E-state index contributed by atoms with van der Waals surface area (Å²) in [5.41, 5.74) is 6.38. The van der Waals surface area contributed by atoms with Gasteiger partial charge in [-0.15, -0.1) is 0 Å². The van der Waals surface area contributed by atoms with Crippen molar-refractivity contribution in [3.05, 3.63) is 28.5 Å². The van der Waals surface area contributed by atoms with Crippen LogP contribution in [0, 0.1) is 5.92 Å². The summed E-state index contributed by atoms with van der Waals surface area (Å²) in [4.78, 5) is 4.01. The Labute approximate surface area is 92.5 Å². The van der Waals surface area contributed by atoms with Crippen LogP contribution in [0.1, 0.15) is 25.0 Å². The lowest BCUT2D eigenvalue weighted by Crippen LogP contribution is -2.21. The van der Waals surface area contributed by atoms with Crippen molar-refractivity contribution in [3.63, 3.8) is 0 Å². The highest BCUT2D eigenvalue weighted by atomic mass is 79.9. The van der Waals surface area contributed by atoms with E-state index < -0.39 is 6.10 Å². The van der Waals surface area contributed by atoms with Crippen LogP contribution in [0.15, 0.2) is 22.9 Å². The smallest absolute Gasteiger partial charge is 0.0845 e. The van der Waals surface area contributed by atoms with E-state index in [0.29, 0.717) is 6.54 Å². The average molecular weight is 259 g/mol. The maximum absolute atomic E-state index is 9.96. The standard InChI is InChI=1S/C10H15BrN2O/c1-2-7(4-12)10(14)8-3-9(11)6-13-5-8/h3,5-7,10,14H,2,4,12H2,1H3. The minimum atomic E-state index is -0.519. The third-order valence-electron chi connectivity index (χ3n) is 2.34. The molecule has 0 aliphatic heterocycles. The minimum Gasteiger partial charge on any atom is -0.388 e. The summed E-state index contributed by atoms with van der Waals surface area (Å²) in [6, 6.07) is 1.87. The summed E-state index contributed by atoms with van der Waals surface area (Å²) in [5.74, 6) is 0.103. The van der Waals surface area contributed by atoms with E-state index in [-0.39, 0.29) is 5.92 Å². The molecule has 4 heteroatoms. The Hall–Kier alpha value is -0.450. The van der Waals surface area contributed by atoms with Crippen molar-refractivity contribution >= 4 is 15.9 Å². The van der Waals surface area contributed by atoms with E-state index in [1.807, 2.05) is 13.0 Å². The molecule has 0 saturated heterocycles. The van der Waals surface area contributed by atoms with Crippen LogP contribution < -0.4 is 5.73 Å². The Morgan fingerprint density at radius 3 is 2.79 bits per heavy atom. The topological polar surface area (TPSA) is 59.1 Å². The Bertz CT molecular complexity index is 289. The first kappa shape index (κ1) is 11.6. The van der Waals surface area contributed by atoms with Crippen LogP contribution in [0.5, 0.6) is 0 Å². The number of aliphatic hydroxyl groups is 1. The molecule has 2 unspecified atom stereocenters. The maximum Gasteiger partial charge on any atom is 0.0845 e. The predicted octanol–water partition coefficient (Wildman–Crippen LogP) is 1.86. The normalized spacial score (nSPS) is 15.1. The van der Waals surface area contributed by atoms with Gasteiger partial charge in [-0.2, -0.15) is 0 Å². The van der Waals surface area contributed by atoms with Gasteiger partial charge >= 0.3 is 0 Å². The number of halogens is 1. The van der Waals surface area contributed by atoms with Crippen LogP contribution in [0.25, 0.3) is 0 Å². The zero-order chi connectivity index (χ0) is 10.6. The SMILES string of the molecule is CCC(CN)C(O)c1cncc(Br)c1. The fourth-order valence-electron chi connectivity index (χ4n) is 1.38. The lowest BCUT2D eigenvalue weighted by atomic mass is 9.95. The van der Waals surface area contributed by atoms with Gasteiger partial charge in [0.1, 0.15) is 0 Å². The van der Waals surface area contributed by atoms with Crippen LogP contribution in [0.4, 0.5) is 0 Å². The van der Waals surface area contributed by atoms with Gasteiger partial charge in [-0.1, -0.05) is 6.92 Å². The third kappa shape index (κ3) is 2.77. The lowest BCUT2D eigenvalue weighted by molar-refractivity contribution is 0.109. The second kappa shape index (κ2) is 5.44. The predicted molar refractivity (Wildman–Crippen MR) is 59.7 cm³/mol. The van der Waals surface area contributed by atoms with Gasteiger partial charge in [-0.3, -0.25) is 4.98 Å². The molecule has 0 aliphatic rings. The molecule has 3 N–H and O–H groups in total. The van der Waals surface area contributed by atoms with Crippen molar-refractivity contribution in [2.24, 2.45) is 11.7 Å². The Kier molecular flexibility index (Phi) is 4.51. The molecule has 0 aliphatic carbocycles. The molecule has 0 spiro atoms. The van der Waals surface area contributed by atoms with Crippen molar-refractivity contribution in [2.45, 2.75) is 19.4 Å². The molecule has 0 fully saturated rings. The van der Waals surface area contributed by atoms with E-state index in [1.165, 1.54) is 0 Å². The van der Waals surface area contributed by atoms with E-state index in [2.05, 4.69) is 20.9 Å². The number of hydrogen-bond acceptors (Lipinski definition) is 3. The zero-order valence-corrected chi connectivity index (χ0v) is 9.74. The van der Waals surface area contributed by atoms with Crippen LogP contribution in [0.3, 0.4) is 0 Å². The molecule has 0 bridgehead atoms. The average Bonchev–Trinajstić information content (AvgIpc) is 2.19. The van der Waals surface area contributed by atoms with Gasteiger partial charge in [0.05, 0.1) is 6.10 Å². The van der Waals surface area contributed by atoms with Crippen molar-refractivity contribution in [1.82, 2.24) is 4.98 Å². The number of nitrogens with zero attached hydrogens (tertiary/aromatic N) is 1. The molecule has 0 aromatic carbocycles. The van der Waals surface area contributed by atoms with Gasteiger partial charge in [0, 0.05) is 28.3 Å². The number of hydrogen-bond donors (Lipinski definition) is 2. The second-order valence-electron chi connectivity index (χ2n) is 3.29. The van der Waals surface area contributed by atoms with Gasteiger partial charge in [0.2, 0.25) is 0 Å². The highest BCUT2D eigenvalue weighted by molar-refractivity contribution is 9.10. The second-order valence-corrected chi connectivity index (χ2v) is 4.20. The van der Waals surface area contributed by atoms with E-state index >= 15 is 0 Å². The summed E-state index contributed by atoms with van der Waals surface area (Å²) in [6.45, 7) is 2.51. The fourth-order valence-corrected chi connectivity index (χ4v) is 1.76. The first-order valence-electron chi connectivity index (χ1n) is 4.67. The molecule has 0 amide bonds. The van der Waals surface area contributed by atoms with Crippen LogP contribution in [-0.2, 0) is 0 Å². The largest absolute Gasteiger partial charge is 0.388 e. The fraction of sp³-hybridized carbons (Fsp3) is 0.500. The zero-order valence-electron chi connectivity index (χ0n) is 8.15. The summed E-state index contributed by atoms with van der Waals surface area (Å²) < 4.78 is 0.876. The van der Waals surface area contributed by atoms with Crippen LogP contribution in [0.2, 0.25) is 0 Å². The molecule has 14 heavy (non-hydrogen) atoms. The number of aliphatic hydroxyl groups excluding tert-OH is 1. The monoisotopic (exact) mass is 258 g/mol. The highest BCUT2D eigenvalue weighted by Crippen LogP contribution is 2.24. The van der Waals surface area contributed by atoms with Gasteiger partial charge in [-0.25, -0.2) is 0 Å². The van der Waals surface area contributed by atoms with Crippen LogP contribution >= 0.6 is 15.9 Å². The molecule has 78 valence electrons. The van der Waals surface area contributed by atoms with Gasteiger partial charge in [0.15, 0.2) is 0 Å². The van der Waals surface area contributed by atoms with Crippen molar-refractivity contribution < 1.29 is 5.11 Å². The first-order valence-corrected chi connectivity index (χ1v) is 5.47. The molecule has 3 nitrogen and oxygen atoms in total. The molecule has 0 saturated carbocycles. The summed E-state index contributed by atoms with van der Waals surface area (Å²) >= 11 is 3.32. The van der Waals surface area contributed by atoms with Gasteiger partial charge in [-0.05, 0) is 35.0 Å². The highest BCUT2D eigenvalue weighted by Gasteiger charge is 2.17. The molecule has 1 rings (SSSR count). The molecular formula is C10H15BrN2O. The van der Waals surface area contributed by atoms with E-state index in [4.69, 9.17) is 5.73 Å². The van der Waals surface area contributed by atoms with E-state index in [0.717, 1.165) is 16.5 Å². The van der Waals surface area contributed by atoms with Crippen LogP contribution in [-0.4, -0.2) is 16.6 Å². The van der Waals surface area contributed by atoms with Crippen molar-refractivity contribution in [3.8, 4) is 0 Å². The molecule has 1 aromatic heterocycles. The summed E-state index contributed by atoms with van der Waals surface area (Å²) in [5, 5.41) is 9.96. The first-order chi connectivity index (χ1) is 6.69. The number of aromatic nitrogens is 1. The maximum atomic E-state index is 9.96. The van der Waals surface area contributed by atoms with Crippen molar-refractivity contribution in [2.75, 3.05) is 6.54 Å². The molecule has 2 atom stereocenters. The van der Waals surface area contributed by atoms with Gasteiger partial charge in [0.25, 0.3) is 0 Å². The summed E-state index contributed by atoms with van der Waals surface area (Å²) in [7, 11) is 0. The number of rotatable bonds is 4. The van der Waals surface area contributed by atoms with Crippen molar-refractivity contribution in [1.29, 1.82) is 0 Å². The quantitative estimate of drug-likeness (QED) is 0.867. The molecule has 1 heterocycles. The molecular weight excluding hydrogens is 244 g/mol. The minimum absolute atomic E-state index is 0.103. The number of pyridine rings is 1. The number of nitrogens with two attached hydrogens (primary N) is 1. The lowest BCUT2D eigenvalue weighted by Gasteiger charge is -2.19. The third-order valence-corrected chi connectivity index (χ3v) is 2.77. The van der Waals surface area contributed by atoms with E-state index in [1.54, 1.807) is 12.4 Å². The van der Waals surface area contributed by atoms with Gasteiger partial charge < -0.3 is 10.8 Å². The Balaban J connectivity index is 2.82. The Morgan fingerprint density at radius 1 is 1.57 bits per heavy atom. The summed E-state index contributed by atoms with van der Waals surface area (Å²) in [6.07, 6.45) is 3.72.